The lowest BCUT2D eigenvalue weighted by atomic mass is 10.1. The predicted molar refractivity (Wildman–Crippen MR) is 101 cm³/mol. The molecule has 0 aromatic heterocycles. The number of rotatable bonds is 6. The molecule has 0 saturated carbocycles. The van der Waals surface area contributed by atoms with E-state index in [1.807, 2.05) is 48.5 Å². The fourth-order valence-corrected chi connectivity index (χ4v) is 3.30. The first-order valence-electron chi connectivity index (χ1n) is 9.05. The summed E-state index contributed by atoms with van der Waals surface area (Å²) in [5, 5.41) is 9.22. The van der Waals surface area contributed by atoms with Gasteiger partial charge in [-0.25, -0.2) is 4.79 Å². The Hall–Kier alpha value is -2.70. The Kier molecular flexibility index (Phi) is 6.57. The Morgan fingerprint density at radius 3 is 2.30 bits per heavy atom. The molecule has 1 heterocycles. The lowest BCUT2D eigenvalue weighted by Crippen LogP contribution is -2.52. The normalized spacial score (nSPS) is 17.4. The Balaban J connectivity index is 1.73. The van der Waals surface area contributed by atoms with Crippen molar-refractivity contribution in [3.63, 3.8) is 0 Å². The van der Waals surface area contributed by atoms with E-state index >= 15 is 0 Å². The third-order valence-corrected chi connectivity index (χ3v) is 4.70. The molecule has 27 heavy (non-hydrogen) atoms. The number of carboxylic acids is 1. The summed E-state index contributed by atoms with van der Waals surface area (Å²) in [5.74, 6) is -2.32. The van der Waals surface area contributed by atoms with Crippen LogP contribution in [0.2, 0.25) is 0 Å². The molecule has 2 aromatic carbocycles. The molecule has 3 rings (SSSR count). The zero-order valence-electron chi connectivity index (χ0n) is 15.2. The van der Waals surface area contributed by atoms with E-state index in [9.17, 15) is 14.7 Å². The molecule has 1 amide bonds. The summed E-state index contributed by atoms with van der Waals surface area (Å²) in [7, 11) is 0. The van der Waals surface area contributed by atoms with Crippen molar-refractivity contribution >= 4 is 11.9 Å². The van der Waals surface area contributed by atoms with Crippen LogP contribution in [-0.4, -0.2) is 59.1 Å². The fourth-order valence-electron chi connectivity index (χ4n) is 3.30. The number of carboxylic acid groups (broad SMARTS) is 1. The van der Waals surface area contributed by atoms with Crippen LogP contribution in [0, 0.1) is 0 Å². The fraction of sp³-hybridized carbons (Fsp3) is 0.333. The number of hydrogen-bond acceptors (Lipinski definition) is 4. The number of amides is 1. The highest BCUT2D eigenvalue weighted by molar-refractivity contribution is 6.31. The number of hydrogen-bond donors (Lipinski definition) is 1. The maximum atomic E-state index is 12.3. The summed E-state index contributed by atoms with van der Waals surface area (Å²) in [6, 6.07) is 19.5. The van der Waals surface area contributed by atoms with Crippen molar-refractivity contribution in [1.82, 2.24) is 9.80 Å². The van der Waals surface area contributed by atoms with E-state index in [0.717, 1.165) is 18.7 Å². The first-order chi connectivity index (χ1) is 13.1. The highest BCUT2D eigenvalue weighted by atomic mass is 16.5. The van der Waals surface area contributed by atoms with Crippen LogP contribution in [0.15, 0.2) is 60.7 Å². The van der Waals surface area contributed by atoms with E-state index in [2.05, 4.69) is 17.0 Å². The molecule has 0 bridgehead atoms. The van der Waals surface area contributed by atoms with E-state index in [-0.39, 0.29) is 12.6 Å². The highest BCUT2D eigenvalue weighted by Gasteiger charge is 2.29. The van der Waals surface area contributed by atoms with Crippen molar-refractivity contribution in [2.45, 2.75) is 19.1 Å². The Morgan fingerprint density at radius 1 is 1.04 bits per heavy atom. The molecule has 1 aliphatic heterocycles. The molecular formula is C21H24N2O4. The van der Waals surface area contributed by atoms with Crippen molar-refractivity contribution in [3.8, 4) is 0 Å². The van der Waals surface area contributed by atoms with Crippen LogP contribution in [0.1, 0.15) is 11.1 Å². The van der Waals surface area contributed by atoms with E-state index < -0.39 is 11.9 Å². The molecule has 142 valence electrons. The molecule has 1 fully saturated rings. The number of carbonyl (C=O) groups is 2. The first kappa shape index (κ1) is 19.1. The minimum absolute atomic E-state index is 0.0500. The summed E-state index contributed by atoms with van der Waals surface area (Å²) in [4.78, 5) is 27.2. The summed E-state index contributed by atoms with van der Waals surface area (Å²) in [6.45, 7) is 3.18. The lowest BCUT2D eigenvalue weighted by Gasteiger charge is -2.38. The number of carbonyl (C=O) groups excluding carboxylic acids is 1. The molecule has 0 radical (unpaired) electrons. The maximum absolute atomic E-state index is 12.3. The van der Waals surface area contributed by atoms with Gasteiger partial charge in [-0.3, -0.25) is 9.69 Å². The molecule has 1 aliphatic rings. The van der Waals surface area contributed by atoms with Gasteiger partial charge in [-0.15, -0.1) is 0 Å². The van der Waals surface area contributed by atoms with Gasteiger partial charge in [-0.1, -0.05) is 60.7 Å². The van der Waals surface area contributed by atoms with Crippen LogP contribution in [-0.2, 0) is 27.4 Å². The van der Waals surface area contributed by atoms with Crippen molar-refractivity contribution < 1.29 is 19.4 Å². The number of ether oxygens (including phenoxy) is 1. The topological polar surface area (TPSA) is 70.1 Å². The van der Waals surface area contributed by atoms with E-state index in [0.29, 0.717) is 19.8 Å². The van der Waals surface area contributed by atoms with Crippen LogP contribution in [0.3, 0.4) is 0 Å². The second-order valence-corrected chi connectivity index (χ2v) is 6.66. The number of aliphatic carboxylic acids is 1. The second kappa shape index (κ2) is 9.30. The standard InChI is InChI=1S/C21H24N2O4/c24-20(21(25)26)23(14-18-9-5-2-6-10-18)15-19-16-27-12-11-22(19)13-17-7-3-1-4-8-17/h1-10,19H,11-16H2,(H,25,26)/t19-/m0/s1. The first-order valence-corrected chi connectivity index (χ1v) is 9.05. The van der Waals surface area contributed by atoms with Crippen molar-refractivity contribution in [2.75, 3.05) is 26.3 Å². The molecule has 6 nitrogen and oxygen atoms in total. The van der Waals surface area contributed by atoms with Gasteiger partial charge in [0.25, 0.3) is 0 Å². The van der Waals surface area contributed by atoms with Crippen LogP contribution in [0.4, 0.5) is 0 Å². The zero-order chi connectivity index (χ0) is 19.1. The minimum Gasteiger partial charge on any atom is -0.474 e. The third-order valence-electron chi connectivity index (χ3n) is 4.70. The summed E-state index contributed by atoms with van der Waals surface area (Å²) in [5.41, 5.74) is 2.09. The molecule has 0 unspecified atom stereocenters. The maximum Gasteiger partial charge on any atom is 0.394 e. The second-order valence-electron chi connectivity index (χ2n) is 6.66. The van der Waals surface area contributed by atoms with Crippen molar-refractivity contribution in [3.05, 3.63) is 71.8 Å². The highest BCUT2D eigenvalue weighted by Crippen LogP contribution is 2.15. The molecule has 1 atom stereocenters. The molecule has 0 aliphatic carbocycles. The van der Waals surface area contributed by atoms with E-state index in [1.54, 1.807) is 0 Å². The van der Waals surface area contributed by atoms with Crippen LogP contribution in [0.25, 0.3) is 0 Å². The van der Waals surface area contributed by atoms with Crippen molar-refractivity contribution in [1.29, 1.82) is 0 Å². The van der Waals surface area contributed by atoms with Gasteiger partial charge in [0.05, 0.1) is 19.3 Å². The van der Waals surface area contributed by atoms with E-state index in [1.165, 1.54) is 10.5 Å². The third kappa shape index (κ3) is 5.39. The van der Waals surface area contributed by atoms with Gasteiger partial charge < -0.3 is 14.7 Å². The SMILES string of the molecule is O=C(O)C(=O)N(Cc1ccccc1)C[C@H]1COCCN1Cc1ccccc1. The lowest BCUT2D eigenvalue weighted by molar-refractivity contribution is -0.157. The molecule has 0 spiro atoms. The van der Waals surface area contributed by atoms with Gasteiger partial charge >= 0.3 is 11.9 Å². The smallest absolute Gasteiger partial charge is 0.394 e. The quantitative estimate of drug-likeness (QED) is 0.790. The van der Waals surface area contributed by atoms with Gasteiger partial charge in [-0.2, -0.15) is 0 Å². The molecule has 6 heteroatoms. The summed E-state index contributed by atoms with van der Waals surface area (Å²) < 4.78 is 5.61. The predicted octanol–water partition coefficient (Wildman–Crippen LogP) is 2.00. The monoisotopic (exact) mass is 368 g/mol. The zero-order valence-corrected chi connectivity index (χ0v) is 15.2. The average molecular weight is 368 g/mol. The largest absolute Gasteiger partial charge is 0.474 e. The Morgan fingerprint density at radius 2 is 1.67 bits per heavy atom. The van der Waals surface area contributed by atoms with Crippen LogP contribution >= 0.6 is 0 Å². The number of benzene rings is 2. The summed E-state index contributed by atoms with van der Waals surface area (Å²) >= 11 is 0. The summed E-state index contributed by atoms with van der Waals surface area (Å²) in [6.07, 6.45) is 0. The Labute approximate surface area is 159 Å². The molecule has 1 saturated heterocycles. The molecule has 1 N–H and O–H groups in total. The average Bonchev–Trinajstić information content (AvgIpc) is 2.70. The Bertz CT molecular complexity index is 751. The minimum atomic E-state index is -1.43. The van der Waals surface area contributed by atoms with Gasteiger partial charge in [0.1, 0.15) is 0 Å². The number of nitrogens with zero attached hydrogens (tertiary/aromatic N) is 2. The van der Waals surface area contributed by atoms with Gasteiger partial charge in [0, 0.05) is 26.2 Å². The number of morpholine rings is 1. The van der Waals surface area contributed by atoms with Crippen LogP contribution < -0.4 is 0 Å². The van der Waals surface area contributed by atoms with E-state index in [4.69, 9.17) is 4.74 Å². The molecular weight excluding hydrogens is 344 g/mol. The van der Waals surface area contributed by atoms with Gasteiger partial charge in [0.15, 0.2) is 0 Å². The van der Waals surface area contributed by atoms with Crippen molar-refractivity contribution in [2.24, 2.45) is 0 Å². The van der Waals surface area contributed by atoms with Gasteiger partial charge in [0.2, 0.25) is 0 Å². The van der Waals surface area contributed by atoms with Crippen LogP contribution in [0.5, 0.6) is 0 Å². The van der Waals surface area contributed by atoms with Gasteiger partial charge in [-0.05, 0) is 11.1 Å². The molecule has 2 aromatic rings.